The van der Waals surface area contributed by atoms with Crippen molar-refractivity contribution < 1.29 is 0 Å². The van der Waals surface area contributed by atoms with E-state index in [-0.39, 0.29) is 5.54 Å². The molecule has 0 spiro atoms. The van der Waals surface area contributed by atoms with Gasteiger partial charge in [-0.3, -0.25) is 4.90 Å². The molecule has 0 unspecified atom stereocenters. The molecule has 0 bridgehead atoms. The van der Waals surface area contributed by atoms with Crippen LogP contribution in [0, 0.1) is 0 Å². The minimum Gasteiger partial charge on any atom is -0.369 e. The highest BCUT2D eigenvalue weighted by Crippen LogP contribution is 2.26. The van der Waals surface area contributed by atoms with Crippen LogP contribution in [0.25, 0.3) is 10.2 Å². The van der Waals surface area contributed by atoms with E-state index in [9.17, 15) is 0 Å². The second-order valence-electron chi connectivity index (χ2n) is 6.08. The van der Waals surface area contributed by atoms with Crippen LogP contribution in [0.4, 0.5) is 5.82 Å². The quantitative estimate of drug-likeness (QED) is 0.835. The minimum absolute atomic E-state index is 0.158. The normalized spacial score (nSPS) is 12.3. The minimum atomic E-state index is 0.158. The highest BCUT2D eigenvalue weighted by molar-refractivity contribution is 7.16. The summed E-state index contributed by atoms with van der Waals surface area (Å²) >= 11 is 1.68. The van der Waals surface area contributed by atoms with Gasteiger partial charge in [0.1, 0.15) is 16.5 Å². The first-order valence-electron chi connectivity index (χ1n) is 7.67. The molecule has 2 aromatic heterocycles. The fourth-order valence-corrected chi connectivity index (χ4v) is 2.83. The number of aromatic nitrogens is 2. The van der Waals surface area contributed by atoms with Crippen LogP contribution in [0.5, 0.6) is 0 Å². The zero-order valence-electron chi connectivity index (χ0n) is 13.7. The standard InChI is InChI=1S/C16H26N4S/c1-6-9-17-14-12-8-10-21-15(12)19-13(18-14)11-20(5)16(3,4)7-2/h8,10H,6-7,9,11H2,1-5H3,(H,17,18,19). The zero-order valence-corrected chi connectivity index (χ0v) is 14.5. The predicted octanol–water partition coefficient (Wildman–Crippen LogP) is 4.13. The third-order valence-corrected chi connectivity index (χ3v) is 5.00. The van der Waals surface area contributed by atoms with Gasteiger partial charge in [-0.2, -0.15) is 0 Å². The maximum absolute atomic E-state index is 4.74. The van der Waals surface area contributed by atoms with Gasteiger partial charge >= 0.3 is 0 Å². The van der Waals surface area contributed by atoms with Gasteiger partial charge in [0.25, 0.3) is 0 Å². The lowest BCUT2D eigenvalue weighted by molar-refractivity contribution is 0.139. The van der Waals surface area contributed by atoms with E-state index in [0.717, 1.165) is 47.8 Å². The summed E-state index contributed by atoms with van der Waals surface area (Å²) in [5.74, 6) is 1.87. The first-order valence-corrected chi connectivity index (χ1v) is 8.55. The van der Waals surface area contributed by atoms with Crippen LogP contribution in [0.3, 0.4) is 0 Å². The molecule has 0 saturated carbocycles. The third-order valence-electron chi connectivity index (χ3n) is 4.19. The third kappa shape index (κ3) is 3.71. The van der Waals surface area contributed by atoms with Crippen molar-refractivity contribution in [1.29, 1.82) is 0 Å². The molecule has 21 heavy (non-hydrogen) atoms. The van der Waals surface area contributed by atoms with Crippen molar-refractivity contribution in [2.75, 3.05) is 18.9 Å². The van der Waals surface area contributed by atoms with Crippen LogP contribution in [0.1, 0.15) is 46.4 Å². The Morgan fingerprint density at radius 1 is 1.29 bits per heavy atom. The van der Waals surface area contributed by atoms with Gasteiger partial charge < -0.3 is 5.32 Å². The molecule has 2 rings (SSSR count). The van der Waals surface area contributed by atoms with Gasteiger partial charge in [-0.1, -0.05) is 13.8 Å². The van der Waals surface area contributed by atoms with Crippen molar-refractivity contribution in [3.63, 3.8) is 0 Å². The lowest BCUT2D eigenvalue weighted by Crippen LogP contribution is -2.40. The van der Waals surface area contributed by atoms with Crippen LogP contribution in [0.15, 0.2) is 11.4 Å². The molecule has 116 valence electrons. The Hall–Kier alpha value is -1.20. The second kappa shape index (κ2) is 6.71. The Labute approximate surface area is 131 Å². The molecular weight excluding hydrogens is 280 g/mol. The molecule has 5 heteroatoms. The van der Waals surface area contributed by atoms with Crippen LogP contribution in [-0.2, 0) is 6.54 Å². The molecule has 0 aliphatic rings. The molecule has 0 aliphatic carbocycles. The van der Waals surface area contributed by atoms with E-state index in [1.807, 2.05) is 0 Å². The lowest BCUT2D eigenvalue weighted by atomic mass is 10.0. The van der Waals surface area contributed by atoms with Crippen molar-refractivity contribution in [3.8, 4) is 0 Å². The summed E-state index contributed by atoms with van der Waals surface area (Å²) in [6.45, 7) is 10.6. The van der Waals surface area contributed by atoms with E-state index >= 15 is 0 Å². The molecule has 0 amide bonds. The van der Waals surface area contributed by atoms with E-state index in [1.54, 1.807) is 11.3 Å². The molecule has 4 nitrogen and oxygen atoms in total. The number of hydrogen-bond donors (Lipinski definition) is 1. The van der Waals surface area contributed by atoms with Gasteiger partial charge in [-0.05, 0) is 45.2 Å². The summed E-state index contributed by atoms with van der Waals surface area (Å²) in [4.78, 5) is 12.9. The van der Waals surface area contributed by atoms with Gasteiger partial charge in [0, 0.05) is 12.1 Å². The van der Waals surface area contributed by atoms with Gasteiger partial charge in [0.05, 0.1) is 11.9 Å². The Bertz CT molecular complexity index is 591. The number of anilines is 1. The second-order valence-corrected chi connectivity index (χ2v) is 6.97. The smallest absolute Gasteiger partial charge is 0.146 e. The number of fused-ring (bicyclic) bond motifs is 1. The Morgan fingerprint density at radius 3 is 2.71 bits per heavy atom. The van der Waals surface area contributed by atoms with Crippen molar-refractivity contribution in [2.24, 2.45) is 0 Å². The Balaban J connectivity index is 2.27. The first kappa shape index (κ1) is 16.2. The molecule has 2 heterocycles. The molecule has 2 aromatic rings. The van der Waals surface area contributed by atoms with Crippen LogP contribution in [-0.4, -0.2) is 34.0 Å². The SMILES string of the molecule is CCCNc1nc(CN(C)C(C)(C)CC)nc2sccc12. The number of nitrogens with zero attached hydrogens (tertiary/aromatic N) is 3. The average molecular weight is 306 g/mol. The fourth-order valence-electron chi connectivity index (χ4n) is 2.04. The highest BCUT2D eigenvalue weighted by Gasteiger charge is 2.22. The van der Waals surface area contributed by atoms with E-state index in [4.69, 9.17) is 9.97 Å². The summed E-state index contributed by atoms with van der Waals surface area (Å²) in [5.41, 5.74) is 0.158. The summed E-state index contributed by atoms with van der Waals surface area (Å²) in [6.07, 6.45) is 2.19. The number of hydrogen-bond acceptors (Lipinski definition) is 5. The van der Waals surface area contributed by atoms with E-state index < -0.39 is 0 Å². The molecule has 0 fully saturated rings. The van der Waals surface area contributed by atoms with E-state index in [1.165, 1.54) is 0 Å². The lowest BCUT2D eigenvalue weighted by Gasteiger charge is -2.34. The number of rotatable bonds is 7. The maximum atomic E-state index is 4.74. The van der Waals surface area contributed by atoms with Crippen LogP contribution in [0.2, 0.25) is 0 Å². The topological polar surface area (TPSA) is 41.1 Å². The summed E-state index contributed by atoms with van der Waals surface area (Å²) < 4.78 is 0. The summed E-state index contributed by atoms with van der Waals surface area (Å²) in [6, 6.07) is 2.10. The van der Waals surface area contributed by atoms with Crippen LogP contribution < -0.4 is 5.32 Å². The molecule has 0 saturated heterocycles. The molecule has 0 aromatic carbocycles. The van der Waals surface area contributed by atoms with Crippen molar-refractivity contribution >= 4 is 27.4 Å². The Kier molecular flexibility index (Phi) is 5.17. The molecule has 0 aliphatic heterocycles. The summed E-state index contributed by atoms with van der Waals surface area (Å²) in [7, 11) is 2.14. The van der Waals surface area contributed by atoms with E-state index in [0.29, 0.717) is 0 Å². The largest absolute Gasteiger partial charge is 0.369 e. The zero-order chi connectivity index (χ0) is 15.5. The molecule has 1 N–H and O–H groups in total. The van der Waals surface area contributed by atoms with Crippen molar-refractivity contribution in [3.05, 3.63) is 17.3 Å². The van der Waals surface area contributed by atoms with Gasteiger partial charge in [-0.25, -0.2) is 9.97 Å². The monoisotopic (exact) mass is 306 g/mol. The molecule has 0 radical (unpaired) electrons. The average Bonchev–Trinajstić information content (AvgIpc) is 2.93. The molecule has 0 atom stereocenters. The molecular formula is C16H26N4S. The van der Waals surface area contributed by atoms with Crippen molar-refractivity contribution in [2.45, 2.75) is 52.6 Å². The highest BCUT2D eigenvalue weighted by atomic mass is 32.1. The maximum Gasteiger partial charge on any atom is 0.146 e. The van der Waals surface area contributed by atoms with Gasteiger partial charge in [-0.15, -0.1) is 11.3 Å². The van der Waals surface area contributed by atoms with Gasteiger partial charge in [0.15, 0.2) is 0 Å². The number of nitrogens with one attached hydrogen (secondary N) is 1. The van der Waals surface area contributed by atoms with Crippen LogP contribution >= 0.6 is 11.3 Å². The first-order chi connectivity index (χ1) is 9.97. The Morgan fingerprint density at radius 2 is 2.05 bits per heavy atom. The number of thiophene rings is 1. The fraction of sp³-hybridized carbons (Fsp3) is 0.625. The summed E-state index contributed by atoms with van der Waals surface area (Å²) in [5, 5.41) is 6.64. The predicted molar refractivity (Wildman–Crippen MR) is 92.0 cm³/mol. The van der Waals surface area contributed by atoms with E-state index in [2.05, 4.69) is 56.4 Å². The van der Waals surface area contributed by atoms with Crippen molar-refractivity contribution in [1.82, 2.24) is 14.9 Å². The van der Waals surface area contributed by atoms with Gasteiger partial charge in [0.2, 0.25) is 0 Å².